The average Bonchev–Trinajstić information content (AvgIpc) is 2.38. The van der Waals surface area contributed by atoms with Crippen LogP contribution in [-0.2, 0) is 9.53 Å². The summed E-state index contributed by atoms with van der Waals surface area (Å²) in [5.41, 5.74) is 0.190. The number of esters is 1. The van der Waals surface area contributed by atoms with Crippen molar-refractivity contribution in [3.05, 3.63) is 24.3 Å². The van der Waals surface area contributed by atoms with Gasteiger partial charge in [0.2, 0.25) is 0 Å². The largest absolute Gasteiger partial charge is 0.497 e. The van der Waals surface area contributed by atoms with Gasteiger partial charge >= 0.3 is 5.97 Å². The zero-order valence-electron chi connectivity index (χ0n) is 11.7. The molecule has 4 nitrogen and oxygen atoms in total. The molecular weight excluding hydrogens is 230 g/mol. The Morgan fingerprint density at radius 2 is 2.06 bits per heavy atom. The summed E-state index contributed by atoms with van der Waals surface area (Å²) in [5, 5.41) is 0. The fourth-order valence-corrected chi connectivity index (χ4v) is 1.59. The molecule has 0 aromatic heterocycles. The Balaban J connectivity index is 2.97. The summed E-state index contributed by atoms with van der Waals surface area (Å²) in [5.74, 6) is 0.523. The number of rotatable bonds is 5. The van der Waals surface area contributed by atoms with Crippen LogP contribution in [0.2, 0.25) is 0 Å². The number of benzene rings is 1. The molecule has 0 aliphatic rings. The number of carbonyl (C=O) groups is 1. The van der Waals surface area contributed by atoms with Crippen molar-refractivity contribution >= 4 is 11.7 Å². The van der Waals surface area contributed by atoms with Crippen LogP contribution in [0, 0.1) is 0 Å². The van der Waals surface area contributed by atoms with Gasteiger partial charge in [0.15, 0.2) is 0 Å². The first-order valence-electron chi connectivity index (χ1n) is 5.98. The molecule has 1 rings (SSSR count). The Morgan fingerprint density at radius 3 is 2.61 bits per heavy atom. The first-order chi connectivity index (χ1) is 8.43. The summed E-state index contributed by atoms with van der Waals surface area (Å²) < 4.78 is 10.3. The van der Waals surface area contributed by atoms with Gasteiger partial charge in [-0.05, 0) is 32.9 Å². The summed E-state index contributed by atoms with van der Waals surface area (Å²) in [6, 6.07) is 7.59. The molecule has 0 heterocycles. The summed E-state index contributed by atoms with van der Waals surface area (Å²) in [4.78, 5) is 13.8. The van der Waals surface area contributed by atoms with Crippen molar-refractivity contribution < 1.29 is 14.3 Å². The minimum absolute atomic E-state index is 0.240. The number of carbonyl (C=O) groups excluding carboxylic acids is 1. The number of methoxy groups -OCH3 is 1. The van der Waals surface area contributed by atoms with E-state index >= 15 is 0 Å². The number of nitrogens with zero attached hydrogens (tertiary/aromatic N) is 1. The van der Waals surface area contributed by atoms with Crippen LogP contribution >= 0.6 is 0 Å². The molecule has 0 spiro atoms. The zero-order chi connectivity index (χ0) is 13.8. The Kier molecular flexibility index (Phi) is 4.59. The van der Waals surface area contributed by atoms with Gasteiger partial charge in [0, 0.05) is 18.8 Å². The van der Waals surface area contributed by atoms with Crippen LogP contribution in [0.3, 0.4) is 0 Å². The quantitative estimate of drug-likeness (QED) is 0.754. The fraction of sp³-hybridized carbons (Fsp3) is 0.500. The highest BCUT2D eigenvalue weighted by atomic mass is 16.5. The molecule has 0 radical (unpaired) electrons. The molecule has 0 amide bonds. The first-order valence-corrected chi connectivity index (χ1v) is 5.98. The molecule has 0 aliphatic carbocycles. The number of ether oxygens (including phenoxy) is 2. The van der Waals surface area contributed by atoms with E-state index in [0.717, 1.165) is 11.4 Å². The minimum Gasteiger partial charge on any atom is -0.497 e. The van der Waals surface area contributed by atoms with E-state index in [2.05, 4.69) is 0 Å². The van der Waals surface area contributed by atoms with Crippen molar-refractivity contribution in [2.75, 3.05) is 25.7 Å². The monoisotopic (exact) mass is 251 g/mol. The topological polar surface area (TPSA) is 38.8 Å². The number of likely N-dealkylation sites (N-methyl/N-ethyl adjacent to an activating group) is 1. The third kappa shape index (κ3) is 2.94. The van der Waals surface area contributed by atoms with Crippen molar-refractivity contribution in [3.8, 4) is 5.75 Å². The third-order valence-corrected chi connectivity index (χ3v) is 3.05. The lowest BCUT2D eigenvalue weighted by atomic mass is 10.0. The van der Waals surface area contributed by atoms with E-state index < -0.39 is 5.54 Å². The lowest BCUT2D eigenvalue weighted by molar-refractivity contribution is -0.148. The SMILES string of the molecule is CCOC(=O)C(C)(C)N(C)c1cccc(OC)c1. The second-order valence-electron chi connectivity index (χ2n) is 4.54. The molecule has 0 fully saturated rings. The maximum atomic E-state index is 11.9. The Morgan fingerprint density at radius 1 is 1.39 bits per heavy atom. The maximum Gasteiger partial charge on any atom is 0.331 e. The minimum atomic E-state index is -0.720. The van der Waals surface area contributed by atoms with Gasteiger partial charge < -0.3 is 14.4 Å². The molecule has 0 N–H and O–H groups in total. The molecule has 0 saturated carbocycles. The van der Waals surface area contributed by atoms with E-state index in [0.29, 0.717) is 6.61 Å². The molecule has 0 aliphatic heterocycles. The molecule has 0 bridgehead atoms. The lowest BCUT2D eigenvalue weighted by Gasteiger charge is -2.35. The molecule has 1 aromatic rings. The Hall–Kier alpha value is -1.71. The summed E-state index contributed by atoms with van der Waals surface area (Å²) >= 11 is 0. The fourth-order valence-electron chi connectivity index (χ4n) is 1.59. The van der Waals surface area contributed by atoms with E-state index in [1.807, 2.05) is 50.1 Å². The van der Waals surface area contributed by atoms with E-state index in [9.17, 15) is 4.79 Å². The Labute approximate surface area is 108 Å². The second kappa shape index (κ2) is 5.76. The summed E-state index contributed by atoms with van der Waals surface area (Å²) in [6.45, 7) is 5.86. The van der Waals surface area contributed by atoms with Crippen LogP contribution in [0.15, 0.2) is 24.3 Å². The van der Waals surface area contributed by atoms with Gasteiger partial charge in [0.1, 0.15) is 11.3 Å². The van der Waals surface area contributed by atoms with Crippen molar-refractivity contribution in [1.82, 2.24) is 0 Å². The van der Waals surface area contributed by atoms with Gasteiger partial charge in [-0.1, -0.05) is 6.07 Å². The predicted molar refractivity (Wildman–Crippen MR) is 72.1 cm³/mol. The third-order valence-electron chi connectivity index (χ3n) is 3.05. The van der Waals surface area contributed by atoms with E-state index in [1.54, 1.807) is 14.0 Å². The van der Waals surface area contributed by atoms with Crippen molar-refractivity contribution in [3.63, 3.8) is 0 Å². The zero-order valence-corrected chi connectivity index (χ0v) is 11.7. The normalized spacial score (nSPS) is 10.9. The van der Waals surface area contributed by atoms with E-state index in [-0.39, 0.29) is 5.97 Å². The van der Waals surface area contributed by atoms with Gasteiger partial charge in [-0.25, -0.2) is 4.79 Å². The van der Waals surface area contributed by atoms with Gasteiger partial charge in [0.25, 0.3) is 0 Å². The van der Waals surface area contributed by atoms with Crippen LogP contribution in [0.1, 0.15) is 20.8 Å². The number of hydrogen-bond donors (Lipinski definition) is 0. The van der Waals surface area contributed by atoms with Crippen LogP contribution in [0.5, 0.6) is 5.75 Å². The number of anilines is 1. The van der Waals surface area contributed by atoms with Crippen molar-refractivity contribution in [2.24, 2.45) is 0 Å². The molecular formula is C14H21NO3. The molecule has 0 unspecified atom stereocenters. The molecule has 18 heavy (non-hydrogen) atoms. The number of hydrogen-bond acceptors (Lipinski definition) is 4. The highest BCUT2D eigenvalue weighted by molar-refractivity contribution is 5.84. The van der Waals surface area contributed by atoms with Crippen LogP contribution in [0.25, 0.3) is 0 Å². The highest BCUT2D eigenvalue weighted by Crippen LogP contribution is 2.26. The second-order valence-corrected chi connectivity index (χ2v) is 4.54. The van der Waals surface area contributed by atoms with Crippen LogP contribution in [-0.4, -0.2) is 32.3 Å². The van der Waals surface area contributed by atoms with Crippen molar-refractivity contribution in [1.29, 1.82) is 0 Å². The molecule has 1 aromatic carbocycles. The lowest BCUT2D eigenvalue weighted by Crippen LogP contribution is -2.49. The van der Waals surface area contributed by atoms with Crippen molar-refractivity contribution in [2.45, 2.75) is 26.3 Å². The predicted octanol–water partition coefficient (Wildman–Crippen LogP) is 2.47. The highest BCUT2D eigenvalue weighted by Gasteiger charge is 2.34. The standard InChI is InChI=1S/C14H21NO3/c1-6-18-13(16)14(2,3)15(4)11-8-7-9-12(10-11)17-5/h7-10H,6H2,1-5H3. The van der Waals surface area contributed by atoms with Gasteiger partial charge in [-0.2, -0.15) is 0 Å². The van der Waals surface area contributed by atoms with Crippen LogP contribution < -0.4 is 9.64 Å². The van der Waals surface area contributed by atoms with E-state index in [4.69, 9.17) is 9.47 Å². The average molecular weight is 251 g/mol. The van der Waals surface area contributed by atoms with Crippen LogP contribution in [0.4, 0.5) is 5.69 Å². The van der Waals surface area contributed by atoms with Gasteiger partial charge in [0.05, 0.1) is 13.7 Å². The van der Waals surface area contributed by atoms with Gasteiger partial charge in [-0.15, -0.1) is 0 Å². The summed E-state index contributed by atoms with van der Waals surface area (Å²) in [7, 11) is 3.49. The first kappa shape index (κ1) is 14.4. The smallest absolute Gasteiger partial charge is 0.331 e. The molecule has 100 valence electrons. The molecule has 4 heteroatoms. The van der Waals surface area contributed by atoms with E-state index in [1.165, 1.54) is 0 Å². The molecule has 0 saturated heterocycles. The maximum absolute atomic E-state index is 11.9. The molecule has 0 atom stereocenters. The summed E-state index contributed by atoms with van der Waals surface area (Å²) in [6.07, 6.45) is 0. The van der Waals surface area contributed by atoms with Gasteiger partial charge in [-0.3, -0.25) is 0 Å². The Bertz CT molecular complexity index is 415.